The Morgan fingerprint density at radius 3 is 2.80 bits per heavy atom. The summed E-state index contributed by atoms with van der Waals surface area (Å²) >= 11 is 0. The molecule has 1 aliphatic rings. The van der Waals surface area contributed by atoms with E-state index in [1.165, 1.54) is 12.8 Å². The maximum atomic E-state index is 5.48. The summed E-state index contributed by atoms with van der Waals surface area (Å²) in [6.45, 7) is 1.55. The minimum Gasteiger partial charge on any atom is -0.382 e. The van der Waals surface area contributed by atoms with Crippen LogP contribution in [-0.2, 0) is 0 Å². The third kappa shape index (κ3) is 2.59. The molecule has 0 unspecified atom stereocenters. The van der Waals surface area contributed by atoms with Crippen molar-refractivity contribution in [1.29, 1.82) is 0 Å². The fourth-order valence-electron chi connectivity index (χ4n) is 1.46. The number of nitrogens with two attached hydrogens (primary N) is 1. The molecule has 4 nitrogen and oxygen atoms in total. The fourth-order valence-corrected chi connectivity index (χ4v) is 1.46. The standard InChI is InChI=1S/C11H14N4/c1-2-5-15(8-9-3-4-9)11-7-13-10(12)6-14-11/h1,6-7,9H,3-5,8H2,(H2,12,13). The highest BCUT2D eigenvalue weighted by atomic mass is 15.2. The highest BCUT2D eigenvalue weighted by Crippen LogP contribution is 2.30. The molecule has 0 bridgehead atoms. The highest BCUT2D eigenvalue weighted by molar-refractivity contribution is 5.40. The summed E-state index contributed by atoms with van der Waals surface area (Å²) in [4.78, 5) is 10.3. The molecule has 0 aliphatic heterocycles. The molecule has 0 aromatic carbocycles. The minimum atomic E-state index is 0.436. The van der Waals surface area contributed by atoms with Crippen molar-refractivity contribution >= 4 is 11.6 Å². The molecule has 0 atom stereocenters. The Hall–Kier alpha value is -1.76. The van der Waals surface area contributed by atoms with E-state index in [2.05, 4.69) is 20.8 Å². The zero-order valence-electron chi connectivity index (χ0n) is 8.56. The van der Waals surface area contributed by atoms with Gasteiger partial charge in [-0.25, -0.2) is 9.97 Å². The molecule has 4 heteroatoms. The molecular weight excluding hydrogens is 188 g/mol. The second kappa shape index (κ2) is 4.18. The van der Waals surface area contributed by atoms with Gasteiger partial charge in [-0.2, -0.15) is 0 Å². The summed E-state index contributed by atoms with van der Waals surface area (Å²) in [5.41, 5.74) is 5.48. The molecule has 78 valence electrons. The van der Waals surface area contributed by atoms with E-state index in [0.29, 0.717) is 12.4 Å². The predicted molar refractivity (Wildman–Crippen MR) is 60.2 cm³/mol. The van der Waals surface area contributed by atoms with Crippen LogP contribution in [0.25, 0.3) is 0 Å². The topological polar surface area (TPSA) is 55.0 Å². The summed E-state index contributed by atoms with van der Waals surface area (Å²) in [5, 5.41) is 0. The van der Waals surface area contributed by atoms with Crippen LogP contribution in [0.2, 0.25) is 0 Å². The second-order valence-electron chi connectivity index (χ2n) is 3.83. The number of hydrogen-bond acceptors (Lipinski definition) is 4. The van der Waals surface area contributed by atoms with Crippen LogP contribution in [0.4, 0.5) is 11.6 Å². The van der Waals surface area contributed by atoms with E-state index >= 15 is 0 Å². The summed E-state index contributed by atoms with van der Waals surface area (Å²) in [7, 11) is 0. The number of rotatable bonds is 4. The van der Waals surface area contributed by atoms with Gasteiger partial charge in [0.2, 0.25) is 0 Å². The molecule has 2 rings (SSSR count). The number of hydrogen-bond donors (Lipinski definition) is 1. The van der Waals surface area contributed by atoms with Crippen molar-refractivity contribution in [2.75, 3.05) is 23.7 Å². The number of anilines is 2. The molecule has 15 heavy (non-hydrogen) atoms. The van der Waals surface area contributed by atoms with Crippen molar-refractivity contribution in [2.24, 2.45) is 5.92 Å². The molecule has 1 aromatic rings. The molecule has 1 aliphatic carbocycles. The zero-order chi connectivity index (χ0) is 10.7. The SMILES string of the molecule is C#CCN(CC1CC1)c1cnc(N)cn1. The maximum Gasteiger partial charge on any atom is 0.148 e. The number of nitrogen functional groups attached to an aromatic ring is 1. The molecule has 1 fully saturated rings. The van der Waals surface area contributed by atoms with Gasteiger partial charge in [0, 0.05) is 6.54 Å². The Balaban J connectivity index is 2.08. The molecule has 1 aromatic heterocycles. The van der Waals surface area contributed by atoms with E-state index in [1.54, 1.807) is 12.4 Å². The van der Waals surface area contributed by atoms with Crippen molar-refractivity contribution < 1.29 is 0 Å². The van der Waals surface area contributed by atoms with Gasteiger partial charge < -0.3 is 10.6 Å². The monoisotopic (exact) mass is 202 g/mol. The van der Waals surface area contributed by atoms with Crippen LogP contribution in [0, 0.1) is 18.3 Å². The molecule has 2 N–H and O–H groups in total. The van der Waals surface area contributed by atoms with Gasteiger partial charge in [0.1, 0.15) is 11.6 Å². The van der Waals surface area contributed by atoms with Gasteiger partial charge >= 0.3 is 0 Å². The van der Waals surface area contributed by atoms with Crippen LogP contribution in [0.15, 0.2) is 12.4 Å². The summed E-state index contributed by atoms with van der Waals surface area (Å²) < 4.78 is 0. The lowest BCUT2D eigenvalue weighted by Gasteiger charge is -2.20. The molecular formula is C11H14N4. The van der Waals surface area contributed by atoms with E-state index in [9.17, 15) is 0 Å². The Morgan fingerprint density at radius 2 is 2.27 bits per heavy atom. The normalized spacial score (nSPS) is 14.6. The van der Waals surface area contributed by atoms with Crippen LogP contribution in [0.3, 0.4) is 0 Å². The lowest BCUT2D eigenvalue weighted by Crippen LogP contribution is -2.27. The summed E-state index contributed by atoms with van der Waals surface area (Å²) in [6.07, 6.45) is 11.2. The van der Waals surface area contributed by atoms with Gasteiger partial charge in [0.05, 0.1) is 18.9 Å². The van der Waals surface area contributed by atoms with E-state index in [-0.39, 0.29) is 0 Å². The average molecular weight is 202 g/mol. The Labute approximate surface area is 89.5 Å². The highest BCUT2D eigenvalue weighted by Gasteiger charge is 2.24. The van der Waals surface area contributed by atoms with Gasteiger partial charge in [-0.3, -0.25) is 0 Å². The Kier molecular flexibility index (Phi) is 2.72. The van der Waals surface area contributed by atoms with Gasteiger partial charge in [-0.05, 0) is 18.8 Å². The Morgan fingerprint density at radius 1 is 1.47 bits per heavy atom. The number of aromatic nitrogens is 2. The first-order valence-corrected chi connectivity index (χ1v) is 5.05. The smallest absolute Gasteiger partial charge is 0.148 e. The molecule has 1 heterocycles. The molecule has 0 saturated heterocycles. The molecule has 0 radical (unpaired) electrons. The largest absolute Gasteiger partial charge is 0.382 e. The van der Waals surface area contributed by atoms with E-state index in [0.717, 1.165) is 18.3 Å². The van der Waals surface area contributed by atoms with E-state index in [1.807, 2.05) is 0 Å². The van der Waals surface area contributed by atoms with Crippen LogP contribution in [0.5, 0.6) is 0 Å². The average Bonchev–Trinajstić information content (AvgIpc) is 3.02. The maximum absolute atomic E-state index is 5.48. The predicted octanol–water partition coefficient (Wildman–Crippen LogP) is 0.908. The van der Waals surface area contributed by atoms with Crippen LogP contribution >= 0.6 is 0 Å². The van der Waals surface area contributed by atoms with Gasteiger partial charge in [0.15, 0.2) is 0 Å². The van der Waals surface area contributed by atoms with Crippen molar-refractivity contribution in [3.63, 3.8) is 0 Å². The van der Waals surface area contributed by atoms with Gasteiger partial charge in [-0.1, -0.05) is 5.92 Å². The fraction of sp³-hybridized carbons (Fsp3) is 0.455. The zero-order valence-corrected chi connectivity index (χ0v) is 8.56. The summed E-state index contributed by atoms with van der Waals surface area (Å²) in [6, 6.07) is 0. The van der Waals surface area contributed by atoms with E-state index < -0.39 is 0 Å². The van der Waals surface area contributed by atoms with Crippen LogP contribution in [-0.4, -0.2) is 23.1 Å². The van der Waals surface area contributed by atoms with Crippen molar-refractivity contribution in [1.82, 2.24) is 9.97 Å². The minimum absolute atomic E-state index is 0.436. The molecule has 1 saturated carbocycles. The first kappa shape index (κ1) is 9.78. The van der Waals surface area contributed by atoms with Crippen LogP contribution in [0.1, 0.15) is 12.8 Å². The molecule has 0 amide bonds. The number of nitrogens with zero attached hydrogens (tertiary/aromatic N) is 3. The summed E-state index contributed by atoms with van der Waals surface area (Å²) in [5.74, 6) is 4.67. The third-order valence-corrected chi connectivity index (χ3v) is 2.44. The van der Waals surface area contributed by atoms with E-state index in [4.69, 9.17) is 12.2 Å². The van der Waals surface area contributed by atoms with Crippen molar-refractivity contribution in [2.45, 2.75) is 12.8 Å². The van der Waals surface area contributed by atoms with Crippen molar-refractivity contribution in [3.8, 4) is 12.3 Å². The molecule has 0 spiro atoms. The lowest BCUT2D eigenvalue weighted by molar-refractivity contribution is 0.753. The quantitative estimate of drug-likeness (QED) is 0.737. The second-order valence-corrected chi connectivity index (χ2v) is 3.83. The lowest BCUT2D eigenvalue weighted by atomic mass is 10.3. The first-order chi connectivity index (χ1) is 7.29. The van der Waals surface area contributed by atoms with Crippen LogP contribution < -0.4 is 10.6 Å². The number of terminal acetylenes is 1. The Bertz CT molecular complexity index is 361. The van der Waals surface area contributed by atoms with Gasteiger partial charge in [0.25, 0.3) is 0 Å². The van der Waals surface area contributed by atoms with Crippen molar-refractivity contribution in [3.05, 3.63) is 12.4 Å². The third-order valence-electron chi connectivity index (χ3n) is 2.44. The van der Waals surface area contributed by atoms with Gasteiger partial charge in [-0.15, -0.1) is 6.42 Å². The first-order valence-electron chi connectivity index (χ1n) is 5.05.